The molecule has 51 heavy (non-hydrogen) atoms. The first-order valence-corrected chi connectivity index (χ1v) is 18.9. The number of ether oxygens (including phenoxy) is 2. The number of sulfone groups is 1. The number of carbonyl (C=O) groups is 1. The van der Waals surface area contributed by atoms with Crippen LogP contribution in [0.2, 0.25) is 5.02 Å². The fourth-order valence-electron chi connectivity index (χ4n) is 6.05. The Balaban J connectivity index is 1.38. The van der Waals surface area contributed by atoms with Crippen molar-refractivity contribution in [2.24, 2.45) is 4.99 Å². The topological polar surface area (TPSA) is 114 Å². The molecule has 1 heterocycles. The second-order valence-electron chi connectivity index (χ2n) is 12.3. The minimum absolute atomic E-state index is 0.0275. The van der Waals surface area contributed by atoms with Crippen molar-refractivity contribution < 1.29 is 27.8 Å². The summed E-state index contributed by atoms with van der Waals surface area (Å²) in [4.78, 5) is 19.7. The lowest BCUT2D eigenvalue weighted by Gasteiger charge is -2.30. The Morgan fingerprint density at radius 2 is 1.51 bits per heavy atom. The number of rotatable bonds is 15. The molecule has 5 aromatic carbocycles. The van der Waals surface area contributed by atoms with Crippen LogP contribution in [0, 0.1) is 0 Å². The molecule has 1 aliphatic heterocycles. The average Bonchev–Trinajstić information content (AvgIpc) is 3.56. The molecule has 0 radical (unpaired) electrons. The fraction of sp³-hybridized carbons (Fsp3) is 0.220. The Morgan fingerprint density at radius 3 is 2.20 bits per heavy atom. The Morgan fingerprint density at radius 1 is 0.843 bits per heavy atom. The highest BCUT2D eigenvalue weighted by Gasteiger charge is 2.53. The molecule has 1 aliphatic rings. The summed E-state index contributed by atoms with van der Waals surface area (Å²) in [7, 11) is -3.79. The molecule has 262 valence electrons. The van der Waals surface area contributed by atoms with Crippen molar-refractivity contribution in [3.8, 4) is 16.9 Å². The van der Waals surface area contributed by atoms with Gasteiger partial charge in [-0.15, -0.1) is 0 Å². The summed E-state index contributed by atoms with van der Waals surface area (Å²) >= 11 is 6.20. The van der Waals surface area contributed by atoms with Gasteiger partial charge in [0.05, 0.1) is 17.3 Å². The van der Waals surface area contributed by atoms with Crippen molar-refractivity contribution in [3.05, 3.63) is 155 Å². The monoisotopic (exact) mass is 722 g/mol. The molecule has 0 unspecified atom stereocenters. The van der Waals surface area contributed by atoms with E-state index in [1.165, 1.54) is 0 Å². The number of hydrogen-bond acceptors (Lipinski definition) is 7. The molecule has 0 bridgehead atoms. The largest absolute Gasteiger partial charge is 0.494 e. The summed E-state index contributed by atoms with van der Waals surface area (Å²) in [5.74, 6) is 0.0487. The Labute approximate surface area is 303 Å². The SMILES string of the molecule is O=C(NCCc1cccc(Cl)c1)[C@]1(CCS(=O)(=O)c2ccccc2)N=C(c2ccc(OCCCO)cc2)O[C@@H]1c1ccc(-c2ccccc2)cc1. The van der Waals surface area contributed by atoms with Gasteiger partial charge in [0.2, 0.25) is 5.90 Å². The maximum atomic E-state index is 14.6. The molecule has 0 spiro atoms. The van der Waals surface area contributed by atoms with Crippen molar-refractivity contribution in [1.29, 1.82) is 0 Å². The maximum Gasteiger partial charge on any atom is 0.252 e. The summed E-state index contributed by atoms with van der Waals surface area (Å²) in [6, 6.07) is 40.4. The zero-order valence-electron chi connectivity index (χ0n) is 28.0. The molecule has 0 saturated heterocycles. The van der Waals surface area contributed by atoms with Crippen LogP contribution in [-0.4, -0.2) is 56.4 Å². The van der Waals surface area contributed by atoms with Gasteiger partial charge in [-0.05, 0) is 77.2 Å². The summed E-state index contributed by atoms with van der Waals surface area (Å²) in [6.45, 7) is 0.666. The van der Waals surface area contributed by atoms with Crippen LogP contribution in [-0.2, 0) is 25.8 Å². The van der Waals surface area contributed by atoms with Crippen LogP contribution in [0.25, 0.3) is 11.1 Å². The van der Waals surface area contributed by atoms with Crippen molar-refractivity contribution in [3.63, 3.8) is 0 Å². The van der Waals surface area contributed by atoms with Gasteiger partial charge < -0.3 is 19.9 Å². The smallest absolute Gasteiger partial charge is 0.252 e. The van der Waals surface area contributed by atoms with E-state index >= 15 is 0 Å². The van der Waals surface area contributed by atoms with Crippen molar-refractivity contribution in [2.75, 3.05) is 25.5 Å². The number of halogens is 1. The number of amides is 1. The second-order valence-corrected chi connectivity index (χ2v) is 14.8. The molecule has 6 rings (SSSR count). The van der Waals surface area contributed by atoms with E-state index in [1.807, 2.05) is 72.8 Å². The van der Waals surface area contributed by atoms with Crippen LogP contribution in [0.1, 0.15) is 35.6 Å². The first-order chi connectivity index (χ1) is 24.8. The van der Waals surface area contributed by atoms with Crippen LogP contribution in [0.3, 0.4) is 0 Å². The second kappa shape index (κ2) is 16.4. The van der Waals surface area contributed by atoms with Crippen LogP contribution >= 0.6 is 11.6 Å². The third kappa shape index (κ3) is 8.68. The summed E-state index contributed by atoms with van der Waals surface area (Å²) in [6.07, 6.45) is -0.0566. The molecule has 0 saturated carbocycles. The lowest BCUT2D eigenvalue weighted by molar-refractivity contribution is -0.129. The van der Waals surface area contributed by atoms with Gasteiger partial charge in [-0.25, -0.2) is 13.4 Å². The van der Waals surface area contributed by atoms with Crippen molar-refractivity contribution in [2.45, 2.75) is 35.8 Å². The minimum Gasteiger partial charge on any atom is -0.494 e. The molecule has 2 atom stereocenters. The van der Waals surface area contributed by atoms with Crippen LogP contribution in [0.15, 0.2) is 143 Å². The van der Waals surface area contributed by atoms with Crippen LogP contribution in [0.4, 0.5) is 0 Å². The third-order valence-electron chi connectivity index (χ3n) is 8.79. The Kier molecular flexibility index (Phi) is 11.5. The van der Waals surface area contributed by atoms with Gasteiger partial charge in [-0.2, -0.15) is 0 Å². The number of aliphatic hydroxyl groups excluding tert-OH is 1. The van der Waals surface area contributed by atoms with E-state index < -0.39 is 27.4 Å². The first-order valence-electron chi connectivity index (χ1n) is 16.8. The number of benzene rings is 5. The number of hydrogen-bond donors (Lipinski definition) is 2. The van der Waals surface area contributed by atoms with Gasteiger partial charge in [0, 0.05) is 36.6 Å². The lowest BCUT2D eigenvalue weighted by Crippen LogP contribution is -2.49. The van der Waals surface area contributed by atoms with E-state index in [4.69, 9.17) is 31.2 Å². The van der Waals surface area contributed by atoms with E-state index in [0.717, 1.165) is 16.7 Å². The quantitative estimate of drug-likeness (QED) is 0.110. The van der Waals surface area contributed by atoms with Gasteiger partial charge in [0.1, 0.15) is 5.75 Å². The van der Waals surface area contributed by atoms with E-state index in [9.17, 15) is 13.2 Å². The molecular weight excluding hydrogens is 684 g/mol. The minimum atomic E-state index is -3.79. The average molecular weight is 723 g/mol. The molecule has 5 aromatic rings. The zero-order valence-corrected chi connectivity index (χ0v) is 29.5. The van der Waals surface area contributed by atoms with E-state index in [0.29, 0.717) is 41.3 Å². The number of nitrogens with zero attached hydrogens (tertiary/aromatic N) is 1. The normalized spacial score (nSPS) is 17.0. The Hall–Kier alpha value is -4.96. The summed E-state index contributed by atoms with van der Waals surface area (Å²) in [5.41, 5.74) is 2.63. The molecule has 0 aromatic heterocycles. The van der Waals surface area contributed by atoms with Gasteiger partial charge in [0.15, 0.2) is 21.5 Å². The highest BCUT2D eigenvalue weighted by atomic mass is 35.5. The van der Waals surface area contributed by atoms with Gasteiger partial charge in [-0.3, -0.25) is 4.79 Å². The fourth-order valence-corrected chi connectivity index (χ4v) is 7.65. The number of nitrogens with one attached hydrogen (secondary N) is 1. The van der Waals surface area contributed by atoms with E-state index in [1.54, 1.807) is 60.7 Å². The highest BCUT2D eigenvalue weighted by Crippen LogP contribution is 2.43. The molecule has 2 N–H and O–H groups in total. The third-order valence-corrected chi connectivity index (χ3v) is 10.8. The highest BCUT2D eigenvalue weighted by molar-refractivity contribution is 7.91. The number of carbonyl (C=O) groups excluding carboxylic acids is 1. The molecule has 1 amide bonds. The molecule has 0 aliphatic carbocycles. The lowest BCUT2D eigenvalue weighted by atomic mass is 9.84. The summed E-state index contributed by atoms with van der Waals surface area (Å²) < 4.78 is 39.6. The van der Waals surface area contributed by atoms with Crippen LogP contribution in [0.5, 0.6) is 5.75 Å². The van der Waals surface area contributed by atoms with Crippen molar-refractivity contribution in [1.82, 2.24) is 5.32 Å². The van der Waals surface area contributed by atoms with Gasteiger partial charge in [0.25, 0.3) is 5.91 Å². The van der Waals surface area contributed by atoms with Crippen LogP contribution < -0.4 is 10.1 Å². The number of aliphatic imine (C=N–C) groups is 1. The molecule has 10 heteroatoms. The van der Waals surface area contributed by atoms with E-state index in [-0.39, 0.29) is 36.1 Å². The maximum absolute atomic E-state index is 14.6. The van der Waals surface area contributed by atoms with Gasteiger partial charge >= 0.3 is 0 Å². The molecular formula is C41H39ClN2O6S. The molecule has 8 nitrogen and oxygen atoms in total. The Bertz CT molecular complexity index is 2060. The predicted octanol–water partition coefficient (Wildman–Crippen LogP) is 7.25. The number of aliphatic hydroxyl groups is 1. The van der Waals surface area contributed by atoms with Gasteiger partial charge in [-0.1, -0.05) is 96.5 Å². The van der Waals surface area contributed by atoms with Crippen molar-refractivity contribution >= 4 is 33.2 Å². The molecule has 0 fully saturated rings. The first kappa shape index (κ1) is 35.9. The predicted molar refractivity (Wildman–Crippen MR) is 200 cm³/mol. The zero-order chi connectivity index (χ0) is 35.7. The summed E-state index contributed by atoms with van der Waals surface area (Å²) in [5, 5.41) is 12.8. The standard InChI is InChI=1S/C41H39ClN2O6S/c42-35-12-7-9-30(29-35)23-25-43-40(46)41(24-28-51(47,48)37-13-5-2-6-14-37)38(33-17-15-32(16-18-33)31-10-3-1-4-11-31)50-39(44-41)34-19-21-36(22-20-34)49-27-8-26-45/h1-7,9-22,29,38,45H,8,23-28H2,(H,43,46)/t38-,41-/m1/s1. The van der Waals surface area contributed by atoms with E-state index in [2.05, 4.69) is 5.32 Å².